The number of nitrogens with zero attached hydrogens (tertiary/aromatic N) is 1. The van der Waals surface area contributed by atoms with Gasteiger partial charge in [0.25, 0.3) is 0 Å². The van der Waals surface area contributed by atoms with E-state index in [1.54, 1.807) is 6.92 Å². The van der Waals surface area contributed by atoms with E-state index in [-0.39, 0.29) is 25.6 Å². The van der Waals surface area contributed by atoms with Crippen molar-refractivity contribution in [3.05, 3.63) is 35.9 Å². The Labute approximate surface area is 136 Å². The number of hydrogen-bond donors (Lipinski definition) is 0. The van der Waals surface area contributed by atoms with Crippen LogP contribution in [-0.2, 0) is 11.3 Å². The van der Waals surface area contributed by atoms with Crippen LogP contribution in [0.3, 0.4) is 0 Å². The zero-order valence-electron chi connectivity index (χ0n) is 11.9. The number of benzene rings is 1. The summed E-state index contributed by atoms with van der Waals surface area (Å²) in [5, 5.41) is 0. The van der Waals surface area contributed by atoms with Crippen molar-refractivity contribution >= 4 is 22.6 Å². The minimum atomic E-state index is -4.34. The summed E-state index contributed by atoms with van der Waals surface area (Å²) in [6.07, 6.45) is -4.40. The first-order valence-corrected chi connectivity index (χ1v) is 8.49. The topological polar surface area (TPSA) is 12.5 Å². The summed E-state index contributed by atoms with van der Waals surface area (Å²) in [5.41, 5.74) is -1.01. The highest BCUT2D eigenvalue weighted by Crippen LogP contribution is 2.40. The molecule has 1 aliphatic rings. The van der Waals surface area contributed by atoms with Gasteiger partial charge in [-0.25, -0.2) is 0 Å². The van der Waals surface area contributed by atoms with E-state index in [1.807, 2.05) is 35.2 Å². The molecule has 0 spiro atoms. The third kappa shape index (κ3) is 3.71. The average molecular weight is 413 g/mol. The number of hydrogen-bond acceptors (Lipinski definition) is 2. The summed E-state index contributed by atoms with van der Waals surface area (Å²) in [7, 11) is 0. The van der Waals surface area contributed by atoms with Gasteiger partial charge >= 0.3 is 6.18 Å². The molecule has 0 radical (unpaired) electrons. The first kappa shape index (κ1) is 17.0. The fraction of sp³-hybridized carbons (Fsp3) is 0.600. The molecule has 0 N–H and O–H groups in total. The summed E-state index contributed by atoms with van der Waals surface area (Å²) in [5.74, 6) is 0. The number of morpholine rings is 1. The molecule has 21 heavy (non-hydrogen) atoms. The minimum absolute atomic E-state index is 0.0211. The Morgan fingerprint density at radius 2 is 2.00 bits per heavy atom. The van der Waals surface area contributed by atoms with Crippen molar-refractivity contribution in [3.8, 4) is 0 Å². The summed E-state index contributed by atoms with van der Waals surface area (Å²) in [6, 6.07) is 9.64. The van der Waals surface area contributed by atoms with E-state index in [9.17, 15) is 13.2 Å². The third-order valence-corrected chi connectivity index (χ3v) is 5.04. The molecule has 118 valence electrons. The first-order valence-electron chi connectivity index (χ1n) is 6.96. The lowest BCUT2D eigenvalue weighted by Gasteiger charge is -2.46. The lowest BCUT2D eigenvalue weighted by molar-refractivity contribution is -0.303. The summed E-state index contributed by atoms with van der Waals surface area (Å²) >= 11 is 2.21. The summed E-state index contributed by atoms with van der Waals surface area (Å²) in [4.78, 5) is 1.91. The van der Waals surface area contributed by atoms with Crippen LogP contribution in [0.5, 0.6) is 0 Å². The van der Waals surface area contributed by atoms with E-state index < -0.39 is 11.8 Å². The van der Waals surface area contributed by atoms with Crippen LogP contribution in [0.1, 0.15) is 18.9 Å². The van der Waals surface area contributed by atoms with E-state index in [1.165, 1.54) is 0 Å². The standard InChI is InChI=1S/C15H19F3INO/c1-2-14(15(16,17)18)11-20(13(8-19)10-21-14)9-12-6-4-3-5-7-12/h3-7,13H,2,8-11H2,1H3/t13-,14-/m1/s1. The molecule has 0 amide bonds. The van der Waals surface area contributed by atoms with Crippen molar-refractivity contribution in [2.45, 2.75) is 37.7 Å². The van der Waals surface area contributed by atoms with Crippen LogP contribution in [-0.4, -0.2) is 40.3 Å². The molecule has 0 unspecified atom stereocenters. The van der Waals surface area contributed by atoms with E-state index in [0.717, 1.165) is 9.99 Å². The zero-order chi connectivity index (χ0) is 15.5. The fourth-order valence-corrected chi connectivity index (χ4v) is 3.41. The Morgan fingerprint density at radius 1 is 1.33 bits per heavy atom. The molecular formula is C15H19F3INO. The Kier molecular flexibility index (Phi) is 5.54. The highest BCUT2D eigenvalue weighted by molar-refractivity contribution is 14.1. The van der Waals surface area contributed by atoms with Crippen molar-refractivity contribution in [1.82, 2.24) is 4.90 Å². The predicted octanol–water partition coefficient (Wildman–Crippen LogP) is 4.03. The largest absolute Gasteiger partial charge is 0.418 e. The normalized spacial score (nSPS) is 27.8. The van der Waals surface area contributed by atoms with Gasteiger partial charge in [0.1, 0.15) is 0 Å². The van der Waals surface area contributed by atoms with E-state index in [0.29, 0.717) is 6.54 Å². The third-order valence-electron chi connectivity index (χ3n) is 4.02. The van der Waals surface area contributed by atoms with Crippen molar-refractivity contribution in [3.63, 3.8) is 0 Å². The molecule has 0 aromatic heterocycles. The fourth-order valence-electron chi connectivity index (χ4n) is 2.59. The molecule has 1 saturated heterocycles. The highest BCUT2D eigenvalue weighted by Gasteiger charge is 2.57. The maximum atomic E-state index is 13.4. The van der Waals surface area contributed by atoms with Gasteiger partial charge in [0.05, 0.1) is 6.61 Å². The molecule has 1 aliphatic heterocycles. The van der Waals surface area contributed by atoms with Crippen LogP contribution in [0.2, 0.25) is 0 Å². The SMILES string of the molecule is CC[C@]1(C(F)(F)F)CN(Cc2ccccc2)[C@H](CI)CO1. The second-order valence-electron chi connectivity index (χ2n) is 5.36. The number of halogens is 4. The van der Waals surface area contributed by atoms with Crippen molar-refractivity contribution in [1.29, 1.82) is 0 Å². The number of alkyl halides is 4. The van der Waals surface area contributed by atoms with Gasteiger partial charge in [-0.15, -0.1) is 0 Å². The van der Waals surface area contributed by atoms with Gasteiger partial charge in [-0.05, 0) is 12.0 Å². The van der Waals surface area contributed by atoms with Crippen molar-refractivity contribution < 1.29 is 17.9 Å². The highest BCUT2D eigenvalue weighted by atomic mass is 127. The van der Waals surface area contributed by atoms with Crippen LogP contribution in [0.25, 0.3) is 0 Å². The van der Waals surface area contributed by atoms with Gasteiger partial charge in [0.2, 0.25) is 0 Å². The van der Waals surface area contributed by atoms with Gasteiger partial charge in [0, 0.05) is 23.6 Å². The Morgan fingerprint density at radius 3 is 2.52 bits per heavy atom. The molecule has 2 atom stereocenters. The van der Waals surface area contributed by atoms with Crippen LogP contribution in [0.4, 0.5) is 13.2 Å². The lowest BCUT2D eigenvalue weighted by Crippen LogP contribution is -2.62. The molecule has 6 heteroatoms. The molecule has 0 bridgehead atoms. The Bertz CT molecular complexity index is 454. The van der Waals surface area contributed by atoms with E-state index in [2.05, 4.69) is 22.6 Å². The molecular weight excluding hydrogens is 394 g/mol. The van der Waals surface area contributed by atoms with Gasteiger partial charge in [-0.3, -0.25) is 4.90 Å². The quantitative estimate of drug-likeness (QED) is 0.546. The molecule has 2 rings (SSSR count). The van der Waals surface area contributed by atoms with Gasteiger partial charge in [0.15, 0.2) is 5.60 Å². The second kappa shape index (κ2) is 6.83. The van der Waals surface area contributed by atoms with Crippen molar-refractivity contribution in [2.24, 2.45) is 0 Å². The molecule has 0 aliphatic carbocycles. The smallest absolute Gasteiger partial charge is 0.363 e. The predicted molar refractivity (Wildman–Crippen MR) is 84.6 cm³/mol. The lowest BCUT2D eigenvalue weighted by atomic mass is 9.95. The van der Waals surface area contributed by atoms with E-state index >= 15 is 0 Å². The Balaban J connectivity index is 2.20. The zero-order valence-corrected chi connectivity index (χ0v) is 14.0. The number of rotatable bonds is 4. The average Bonchev–Trinajstić information content (AvgIpc) is 2.47. The van der Waals surface area contributed by atoms with Gasteiger partial charge < -0.3 is 4.74 Å². The summed E-state index contributed by atoms with van der Waals surface area (Å²) in [6.45, 7) is 2.09. The number of ether oxygens (including phenoxy) is 1. The molecule has 1 aromatic carbocycles. The van der Waals surface area contributed by atoms with Gasteiger partial charge in [-0.2, -0.15) is 13.2 Å². The molecule has 1 aromatic rings. The molecule has 1 fully saturated rings. The Hall–Kier alpha value is -0.340. The molecule has 0 saturated carbocycles. The maximum Gasteiger partial charge on any atom is 0.418 e. The van der Waals surface area contributed by atoms with Crippen LogP contribution in [0.15, 0.2) is 30.3 Å². The first-order chi connectivity index (χ1) is 9.92. The van der Waals surface area contributed by atoms with Crippen LogP contribution < -0.4 is 0 Å². The van der Waals surface area contributed by atoms with Crippen LogP contribution in [0, 0.1) is 0 Å². The van der Waals surface area contributed by atoms with Crippen molar-refractivity contribution in [2.75, 3.05) is 17.6 Å². The van der Waals surface area contributed by atoms with E-state index in [4.69, 9.17) is 4.74 Å². The molecule has 1 heterocycles. The van der Waals surface area contributed by atoms with Crippen LogP contribution >= 0.6 is 22.6 Å². The van der Waals surface area contributed by atoms with Gasteiger partial charge in [-0.1, -0.05) is 59.8 Å². The maximum absolute atomic E-state index is 13.4. The monoisotopic (exact) mass is 413 g/mol. The minimum Gasteiger partial charge on any atom is -0.363 e. The summed E-state index contributed by atoms with van der Waals surface area (Å²) < 4.78 is 46.2. The second-order valence-corrected chi connectivity index (χ2v) is 6.24. The molecule has 2 nitrogen and oxygen atoms in total.